The Balaban J connectivity index is 2.56. The van der Waals surface area contributed by atoms with Gasteiger partial charge < -0.3 is 15.6 Å². The molecule has 1 aliphatic rings. The number of carbonyl (C=O) groups is 1. The molecule has 0 fully saturated rings. The van der Waals surface area contributed by atoms with E-state index in [1.54, 1.807) is 25.1 Å². The van der Waals surface area contributed by atoms with E-state index in [1.807, 2.05) is 0 Å². The van der Waals surface area contributed by atoms with Gasteiger partial charge in [0.2, 0.25) is 0 Å². The molecule has 4 nitrogen and oxygen atoms in total. The van der Waals surface area contributed by atoms with Crippen LogP contribution in [-0.2, 0) is 4.79 Å². The quantitative estimate of drug-likeness (QED) is 0.675. The Morgan fingerprint density at radius 2 is 2.29 bits per heavy atom. The van der Waals surface area contributed by atoms with Crippen LogP contribution < -0.4 is 10.4 Å². The van der Waals surface area contributed by atoms with Gasteiger partial charge in [-0.05, 0) is 35.0 Å². The van der Waals surface area contributed by atoms with Gasteiger partial charge in [0.05, 0.1) is 4.47 Å². The molecular formula is C9H9BrN2O2. The van der Waals surface area contributed by atoms with Crippen LogP contribution in [0.5, 0.6) is 0 Å². The molecule has 0 radical (unpaired) electrons. The Bertz CT molecular complexity index is 394. The van der Waals surface area contributed by atoms with E-state index in [1.165, 1.54) is 0 Å². The molecule has 1 aromatic carbocycles. The van der Waals surface area contributed by atoms with E-state index in [0.717, 1.165) is 4.47 Å². The summed E-state index contributed by atoms with van der Waals surface area (Å²) in [5.74, 6) is -0.236. The molecule has 0 saturated carbocycles. The summed E-state index contributed by atoms with van der Waals surface area (Å²) in [6.07, 6.45) is 0. The predicted molar refractivity (Wildman–Crippen MR) is 56.2 cm³/mol. The number of amides is 1. The fraction of sp³-hybridized carbons (Fsp3) is 0.222. The summed E-state index contributed by atoms with van der Waals surface area (Å²) in [7, 11) is 0. The lowest BCUT2D eigenvalue weighted by molar-refractivity contribution is -0.793. The van der Waals surface area contributed by atoms with Crippen molar-refractivity contribution >= 4 is 33.2 Å². The summed E-state index contributed by atoms with van der Waals surface area (Å²) in [5, 5.41) is 14.3. The molecule has 0 aliphatic carbocycles. The van der Waals surface area contributed by atoms with Crippen LogP contribution in [0.25, 0.3) is 0 Å². The zero-order valence-electron chi connectivity index (χ0n) is 7.50. The topological polar surface area (TPSA) is 56.6 Å². The number of nitrogens with one attached hydrogen (secondary N) is 2. The zero-order chi connectivity index (χ0) is 10.3. The molecule has 14 heavy (non-hydrogen) atoms. The highest BCUT2D eigenvalue weighted by Crippen LogP contribution is 2.29. The van der Waals surface area contributed by atoms with Crippen LogP contribution in [-0.4, -0.2) is 11.9 Å². The van der Waals surface area contributed by atoms with Gasteiger partial charge in [-0.15, -0.1) is 0 Å². The average molecular weight is 257 g/mol. The number of para-hydroxylation sites is 1. The largest absolute Gasteiger partial charge is 0.628 e. The summed E-state index contributed by atoms with van der Waals surface area (Å²) in [4.78, 5) is 11.3. The summed E-state index contributed by atoms with van der Waals surface area (Å²) in [6, 6.07) is 4.70. The molecule has 1 heterocycles. The van der Waals surface area contributed by atoms with E-state index in [0.29, 0.717) is 11.4 Å². The summed E-state index contributed by atoms with van der Waals surface area (Å²) in [5.41, 5.74) is 1.16. The van der Waals surface area contributed by atoms with Gasteiger partial charge in [0.25, 0.3) is 5.91 Å². The molecule has 2 unspecified atom stereocenters. The first-order chi connectivity index (χ1) is 6.61. The van der Waals surface area contributed by atoms with E-state index in [4.69, 9.17) is 0 Å². The molecule has 2 rings (SSSR count). The van der Waals surface area contributed by atoms with Crippen molar-refractivity contribution in [1.29, 1.82) is 0 Å². The van der Waals surface area contributed by atoms with Crippen molar-refractivity contribution in [2.75, 3.05) is 5.32 Å². The van der Waals surface area contributed by atoms with E-state index in [9.17, 15) is 10.0 Å². The lowest BCUT2D eigenvalue weighted by atomic mass is 10.1. The second-order valence-corrected chi connectivity index (χ2v) is 4.09. The molecule has 2 atom stereocenters. The molecule has 5 heteroatoms. The highest BCUT2D eigenvalue weighted by atomic mass is 79.9. The van der Waals surface area contributed by atoms with Crippen molar-refractivity contribution in [2.24, 2.45) is 0 Å². The summed E-state index contributed by atoms with van der Waals surface area (Å²) < 4.78 is 0.729. The van der Waals surface area contributed by atoms with Gasteiger partial charge in [0.1, 0.15) is 5.69 Å². The molecule has 0 saturated heterocycles. The molecule has 1 amide bonds. The fourth-order valence-corrected chi connectivity index (χ4v) is 2.02. The van der Waals surface area contributed by atoms with Crippen molar-refractivity contribution in [3.63, 3.8) is 0 Å². The number of carbonyl (C=O) groups excluding carboxylic acids is 1. The van der Waals surface area contributed by atoms with Gasteiger partial charge >= 0.3 is 0 Å². The Morgan fingerprint density at radius 3 is 3.00 bits per heavy atom. The van der Waals surface area contributed by atoms with E-state index in [-0.39, 0.29) is 11.0 Å². The Labute approximate surface area is 89.6 Å². The maximum atomic E-state index is 11.8. The maximum absolute atomic E-state index is 11.8. The molecular weight excluding hydrogens is 248 g/mol. The summed E-state index contributed by atoms with van der Waals surface area (Å²) >= 11 is 3.30. The minimum Gasteiger partial charge on any atom is -0.628 e. The van der Waals surface area contributed by atoms with E-state index in [2.05, 4.69) is 21.2 Å². The third kappa shape index (κ3) is 1.33. The first-order valence-corrected chi connectivity index (χ1v) is 5.04. The number of hydroxylamine groups is 1. The van der Waals surface area contributed by atoms with Gasteiger partial charge in [-0.2, -0.15) is 0 Å². The van der Waals surface area contributed by atoms with Crippen molar-refractivity contribution < 1.29 is 9.86 Å². The van der Waals surface area contributed by atoms with Gasteiger partial charge in [0, 0.05) is 0 Å². The lowest BCUT2D eigenvalue weighted by Crippen LogP contribution is -3.08. The van der Waals surface area contributed by atoms with Crippen molar-refractivity contribution in [3.8, 4) is 0 Å². The first kappa shape index (κ1) is 9.64. The normalized spacial score (nSPS) is 25.5. The van der Waals surface area contributed by atoms with Gasteiger partial charge in [-0.25, -0.2) is 0 Å². The minimum atomic E-state index is -0.596. The fourth-order valence-electron chi connectivity index (χ4n) is 1.46. The Kier molecular flexibility index (Phi) is 2.30. The molecule has 1 aromatic rings. The number of quaternary nitrogens is 1. The van der Waals surface area contributed by atoms with Crippen molar-refractivity contribution in [2.45, 2.75) is 13.0 Å². The third-order valence-electron chi connectivity index (χ3n) is 2.30. The Morgan fingerprint density at radius 1 is 1.57 bits per heavy atom. The zero-order valence-corrected chi connectivity index (χ0v) is 9.09. The second kappa shape index (κ2) is 3.34. The van der Waals surface area contributed by atoms with Crippen LogP contribution in [0, 0.1) is 5.21 Å². The number of benzene rings is 1. The van der Waals surface area contributed by atoms with Gasteiger partial charge in [-0.3, -0.25) is 4.79 Å². The SMILES string of the molecule is CC1C(=O)Nc2cccc(Br)c2[NH+]1[O-]. The second-order valence-electron chi connectivity index (χ2n) is 3.24. The van der Waals surface area contributed by atoms with Crippen LogP contribution in [0.1, 0.15) is 6.92 Å². The summed E-state index contributed by atoms with van der Waals surface area (Å²) in [6.45, 7) is 1.61. The monoisotopic (exact) mass is 256 g/mol. The van der Waals surface area contributed by atoms with Crippen LogP contribution >= 0.6 is 15.9 Å². The number of fused-ring (bicyclic) bond motifs is 1. The number of halogens is 1. The molecule has 0 spiro atoms. The van der Waals surface area contributed by atoms with E-state index < -0.39 is 6.04 Å². The molecule has 0 bridgehead atoms. The number of rotatable bonds is 0. The molecule has 0 aromatic heterocycles. The number of hydrogen-bond acceptors (Lipinski definition) is 2. The lowest BCUT2D eigenvalue weighted by Gasteiger charge is -2.33. The van der Waals surface area contributed by atoms with Gasteiger partial charge in [0.15, 0.2) is 11.7 Å². The number of hydrogen-bond donors (Lipinski definition) is 2. The van der Waals surface area contributed by atoms with Crippen molar-refractivity contribution in [1.82, 2.24) is 0 Å². The average Bonchev–Trinajstić information content (AvgIpc) is 2.14. The van der Waals surface area contributed by atoms with E-state index >= 15 is 0 Å². The maximum Gasteiger partial charge on any atom is 0.283 e. The Hall–Kier alpha value is -0.910. The van der Waals surface area contributed by atoms with Gasteiger partial charge in [-0.1, -0.05) is 6.07 Å². The highest BCUT2D eigenvalue weighted by molar-refractivity contribution is 9.10. The van der Waals surface area contributed by atoms with Crippen LogP contribution in [0.2, 0.25) is 0 Å². The minimum absolute atomic E-state index is 0.128. The van der Waals surface area contributed by atoms with Crippen LogP contribution in [0.15, 0.2) is 22.7 Å². The highest BCUT2D eigenvalue weighted by Gasteiger charge is 2.30. The third-order valence-corrected chi connectivity index (χ3v) is 2.97. The molecule has 1 aliphatic heterocycles. The predicted octanol–water partition coefficient (Wildman–Crippen LogP) is 0.804. The van der Waals surface area contributed by atoms with Crippen molar-refractivity contribution in [3.05, 3.63) is 27.9 Å². The standard InChI is InChI=1S/C9H9BrN2O2/c1-5-9(13)11-7-4-2-3-6(10)8(7)12(5)14/h2-5,12H,1H3,(H,11,13). The molecule has 2 N–H and O–H groups in total. The number of anilines is 1. The molecule has 74 valence electrons. The van der Waals surface area contributed by atoms with Crippen LogP contribution in [0.3, 0.4) is 0 Å². The smallest absolute Gasteiger partial charge is 0.283 e. The first-order valence-electron chi connectivity index (χ1n) is 4.25. The van der Waals surface area contributed by atoms with Crippen LogP contribution in [0.4, 0.5) is 11.4 Å².